The number of hydrogen-bond donors (Lipinski definition) is 0. The Morgan fingerprint density at radius 1 is 1.25 bits per heavy atom. The minimum atomic E-state index is -0.734. The standard InChI is InChI=1S/C18H16BrClN2O2/c1-24-16-8-6-15(7-9-16)22(18(23)10-11-20)17(12-21)13-2-4-14(19)5-3-13/h2-9,17H,10-11H2,1H3. The third-order valence-electron chi connectivity index (χ3n) is 3.49. The highest BCUT2D eigenvalue weighted by Crippen LogP contribution is 2.30. The summed E-state index contributed by atoms with van der Waals surface area (Å²) in [5.41, 5.74) is 1.36. The highest BCUT2D eigenvalue weighted by atomic mass is 79.9. The molecule has 124 valence electrons. The van der Waals surface area contributed by atoms with E-state index in [2.05, 4.69) is 22.0 Å². The van der Waals surface area contributed by atoms with Crippen LogP contribution in [0.2, 0.25) is 0 Å². The summed E-state index contributed by atoms with van der Waals surface area (Å²) in [6.45, 7) is 0. The first-order chi connectivity index (χ1) is 11.6. The summed E-state index contributed by atoms with van der Waals surface area (Å²) >= 11 is 9.11. The Bertz CT molecular complexity index is 726. The minimum absolute atomic E-state index is 0.155. The first kappa shape index (κ1) is 18.3. The topological polar surface area (TPSA) is 53.3 Å². The van der Waals surface area contributed by atoms with Gasteiger partial charge in [-0.05, 0) is 42.0 Å². The zero-order valence-electron chi connectivity index (χ0n) is 13.1. The number of amides is 1. The van der Waals surface area contributed by atoms with Gasteiger partial charge in [0.05, 0.1) is 13.2 Å². The summed E-state index contributed by atoms with van der Waals surface area (Å²) in [7, 11) is 1.57. The van der Waals surface area contributed by atoms with Gasteiger partial charge in [-0.3, -0.25) is 9.69 Å². The van der Waals surface area contributed by atoms with Crippen molar-refractivity contribution >= 4 is 39.1 Å². The van der Waals surface area contributed by atoms with Gasteiger partial charge in [-0.1, -0.05) is 28.1 Å². The summed E-state index contributed by atoms with van der Waals surface area (Å²) in [5, 5.41) is 9.69. The van der Waals surface area contributed by atoms with E-state index in [-0.39, 0.29) is 18.2 Å². The molecule has 0 bridgehead atoms. The first-order valence-electron chi connectivity index (χ1n) is 7.28. The lowest BCUT2D eigenvalue weighted by molar-refractivity contribution is -0.118. The largest absolute Gasteiger partial charge is 0.497 e. The highest BCUT2D eigenvalue weighted by molar-refractivity contribution is 9.10. The van der Waals surface area contributed by atoms with Crippen LogP contribution in [0.15, 0.2) is 53.0 Å². The average Bonchev–Trinajstić information content (AvgIpc) is 2.61. The van der Waals surface area contributed by atoms with Gasteiger partial charge in [-0.25, -0.2) is 0 Å². The molecule has 0 aromatic heterocycles. The van der Waals surface area contributed by atoms with Crippen LogP contribution < -0.4 is 9.64 Å². The number of ether oxygens (including phenoxy) is 1. The molecule has 0 aliphatic heterocycles. The van der Waals surface area contributed by atoms with Crippen molar-refractivity contribution in [3.8, 4) is 11.8 Å². The van der Waals surface area contributed by atoms with Gasteiger partial charge in [0.15, 0.2) is 0 Å². The Hall–Kier alpha value is -2.03. The third kappa shape index (κ3) is 4.28. The zero-order chi connectivity index (χ0) is 17.5. The normalized spacial score (nSPS) is 11.4. The molecular formula is C18H16BrClN2O2. The van der Waals surface area contributed by atoms with E-state index in [9.17, 15) is 10.1 Å². The fraction of sp³-hybridized carbons (Fsp3) is 0.222. The molecule has 0 aliphatic rings. The van der Waals surface area contributed by atoms with E-state index < -0.39 is 6.04 Å². The summed E-state index contributed by atoms with van der Waals surface area (Å²) in [4.78, 5) is 14.1. The summed E-state index contributed by atoms with van der Waals surface area (Å²) in [6.07, 6.45) is 0.155. The van der Waals surface area contributed by atoms with Gasteiger partial charge in [0.25, 0.3) is 0 Å². The van der Waals surface area contributed by atoms with Gasteiger partial charge in [0.1, 0.15) is 11.8 Å². The molecule has 6 heteroatoms. The van der Waals surface area contributed by atoms with E-state index in [4.69, 9.17) is 16.3 Å². The maximum absolute atomic E-state index is 12.6. The van der Waals surface area contributed by atoms with Crippen molar-refractivity contribution in [2.45, 2.75) is 12.5 Å². The molecule has 4 nitrogen and oxygen atoms in total. The Morgan fingerprint density at radius 2 is 1.88 bits per heavy atom. The molecule has 1 atom stereocenters. The molecule has 2 aromatic rings. The molecule has 2 aromatic carbocycles. The van der Waals surface area contributed by atoms with Crippen LogP contribution >= 0.6 is 27.5 Å². The molecule has 0 saturated heterocycles. The van der Waals surface area contributed by atoms with Crippen molar-refractivity contribution in [3.63, 3.8) is 0 Å². The van der Waals surface area contributed by atoms with Gasteiger partial charge < -0.3 is 4.74 Å². The Kier molecular flexibility index (Phi) is 6.65. The Balaban J connectivity index is 2.45. The van der Waals surface area contributed by atoms with Crippen molar-refractivity contribution in [3.05, 3.63) is 58.6 Å². The quantitative estimate of drug-likeness (QED) is 0.653. The fourth-order valence-corrected chi connectivity index (χ4v) is 2.73. The predicted octanol–water partition coefficient (Wildman–Crippen LogP) is 4.68. The first-order valence-corrected chi connectivity index (χ1v) is 8.60. The van der Waals surface area contributed by atoms with Gasteiger partial charge in [-0.15, -0.1) is 11.6 Å². The molecule has 1 unspecified atom stereocenters. The molecule has 2 rings (SSSR count). The second-order valence-corrected chi connectivity index (χ2v) is 6.28. The van der Waals surface area contributed by atoms with Gasteiger partial charge in [-0.2, -0.15) is 5.26 Å². The average molecular weight is 408 g/mol. The van der Waals surface area contributed by atoms with Gasteiger partial charge in [0.2, 0.25) is 5.91 Å². The number of rotatable bonds is 6. The summed E-state index contributed by atoms with van der Waals surface area (Å²) < 4.78 is 6.06. The van der Waals surface area contributed by atoms with Crippen molar-refractivity contribution < 1.29 is 9.53 Å². The van der Waals surface area contributed by atoms with Crippen LogP contribution in [-0.2, 0) is 4.79 Å². The van der Waals surface area contributed by atoms with Gasteiger partial charge >= 0.3 is 0 Å². The lowest BCUT2D eigenvalue weighted by atomic mass is 10.0. The van der Waals surface area contributed by atoms with Crippen molar-refractivity contribution in [1.29, 1.82) is 5.26 Å². The molecule has 0 spiro atoms. The number of anilines is 1. The third-order valence-corrected chi connectivity index (χ3v) is 4.21. The van der Waals surface area contributed by atoms with Crippen molar-refractivity contribution in [2.75, 3.05) is 17.9 Å². The lowest BCUT2D eigenvalue weighted by Gasteiger charge is -2.28. The van der Waals surface area contributed by atoms with Crippen LogP contribution in [0.4, 0.5) is 5.69 Å². The molecular weight excluding hydrogens is 392 g/mol. The number of halogens is 2. The predicted molar refractivity (Wildman–Crippen MR) is 98.3 cm³/mol. The number of benzene rings is 2. The monoisotopic (exact) mass is 406 g/mol. The number of nitriles is 1. The molecule has 0 heterocycles. The van der Waals surface area contributed by atoms with Crippen LogP contribution in [0.3, 0.4) is 0 Å². The molecule has 0 radical (unpaired) electrons. The van der Waals surface area contributed by atoms with Crippen molar-refractivity contribution in [1.82, 2.24) is 0 Å². The number of carbonyl (C=O) groups is 1. The van der Waals surface area contributed by atoms with Gasteiger partial charge in [0, 0.05) is 22.5 Å². The molecule has 0 saturated carbocycles. The number of nitrogens with zero attached hydrogens (tertiary/aromatic N) is 2. The van der Waals surface area contributed by atoms with E-state index in [1.165, 1.54) is 4.90 Å². The number of hydrogen-bond acceptors (Lipinski definition) is 3. The summed E-state index contributed by atoms with van der Waals surface area (Å²) in [5.74, 6) is 0.675. The fourth-order valence-electron chi connectivity index (χ4n) is 2.31. The van der Waals surface area contributed by atoms with E-state index in [0.717, 1.165) is 10.0 Å². The van der Waals surface area contributed by atoms with Crippen LogP contribution in [0, 0.1) is 11.3 Å². The zero-order valence-corrected chi connectivity index (χ0v) is 15.4. The maximum Gasteiger partial charge on any atom is 0.229 e. The number of carbonyl (C=O) groups excluding carboxylic acids is 1. The smallest absolute Gasteiger partial charge is 0.229 e. The lowest BCUT2D eigenvalue weighted by Crippen LogP contribution is -2.34. The number of methoxy groups -OCH3 is 1. The maximum atomic E-state index is 12.6. The molecule has 1 amide bonds. The Morgan fingerprint density at radius 3 is 2.38 bits per heavy atom. The van der Waals surface area contributed by atoms with Crippen LogP contribution in [0.25, 0.3) is 0 Å². The molecule has 24 heavy (non-hydrogen) atoms. The van der Waals surface area contributed by atoms with Crippen LogP contribution in [-0.4, -0.2) is 18.9 Å². The second kappa shape index (κ2) is 8.72. The highest BCUT2D eigenvalue weighted by Gasteiger charge is 2.26. The number of alkyl halides is 1. The molecule has 0 fully saturated rings. The SMILES string of the molecule is COc1ccc(N(C(=O)CCCl)C(C#N)c2ccc(Br)cc2)cc1. The van der Waals surface area contributed by atoms with E-state index in [1.54, 1.807) is 31.4 Å². The van der Waals surface area contributed by atoms with E-state index in [1.807, 2.05) is 24.3 Å². The van der Waals surface area contributed by atoms with E-state index in [0.29, 0.717) is 11.4 Å². The molecule has 0 N–H and O–H groups in total. The second-order valence-electron chi connectivity index (χ2n) is 4.98. The van der Waals surface area contributed by atoms with Crippen LogP contribution in [0.5, 0.6) is 5.75 Å². The van der Waals surface area contributed by atoms with Crippen LogP contribution in [0.1, 0.15) is 18.0 Å². The van der Waals surface area contributed by atoms with E-state index >= 15 is 0 Å². The molecule has 0 aliphatic carbocycles. The Labute approximate surface area is 154 Å². The summed E-state index contributed by atoms with van der Waals surface area (Å²) in [6, 6.07) is 15.8. The van der Waals surface area contributed by atoms with Crippen molar-refractivity contribution in [2.24, 2.45) is 0 Å². The minimum Gasteiger partial charge on any atom is -0.497 e.